The van der Waals surface area contributed by atoms with Crippen LogP contribution in [0.5, 0.6) is 5.75 Å². The van der Waals surface area contributed by atoms with Crippen molar-refractivity contribution in [3.8, 4) is 5.75 Å². The average Bonchev–Trinajstić information content (AvgIpc) is 2.66. The number of nitrogens with zero attached hydrogens (tertiary/aromatic N) is 1. The van der Waals surface area contributed by atoms with E-state index in [0.29, 0.717) is 24.6 Å². The van der Waals surface area contributed by atoms with Crippen LogP contribution in [0.1, 0.15) is 31.4 Å². The molecule has 1 unspecified atom stereocenters. The van der Waals surface area contributed by atoms with Crippen LogP contribution in [0.15, 0.2) is 48.5 Å². The van der Waals surface area contributed by atoms with Crippen LogP contribution < -0.4 is 14.4 Å². The molecule has 2 rings (SSSR count). The Labute approximate surface area is 173 Å². The van der Waals surface area contributed by atoms with Crippen molar-refractivity contribution in [1.82, 2.24) is 5.32 Å². The molecule has 0 aromatic heterocycles. The maximum atomic E-state index is 12.6. The quantitative estimate of drug-likeness (QED) is 0.601. The highest BCUT2D eigenvalue weighted by Gasteiger charge is 2.28. The summed E-state index contributed by atoms with van der Waals surface area (Å²) in [6.07, 6.45) is 2.74. The highest BCUT2D eigenvalue weighted by molar-refractivity contribution is 7.92. The smallest absolute Gasteiger partial charge is 0.243 e. The van der Waals surface area contributed by atoms with Crippen LogP contribution in [0.4, 0.5) is 5.69 Å². The SMILES string of the molecule is CCOc1ccc(N(C(C)C(=O)NCCCc2cccc(C)c2)S(C)(=O)=O)cc1. The lowest BCUT2D eigenvalue weighted by molar-refractivity contribution is -0.121. The third-order valence-electron chi connectivity index (χ3n) is 4.51. The van der Waals surface area contributed by atoms with E-state index in [4.69, 9.17) is 4.74 Å². The predicted molar refractivity (Wildman–Crippen MR) is 117 cm³/mol. The number of sulfonamides is 1. The number of anilines is 1. The van der Waals surface area contributed by atoms with E-state index in [-0.39, 0.29) is 5.91 Å². The minimum atomic E-state index is -3.63. The Bertz CT molecular complexity index is 911. The molecule has 0 saturated heterocycles. The monoisotopic (exact) mass is 418 g/mol. The third kappa shape index (κ3) is 6.78. The van der Waals surface area contributed by atoms with E-state index in [1.807, 2.05) is 26.0 Å². The molecule has 1 amide bonds. The van der Waals surface area contributed by atoms with Crippen LogP contribution in [0.25, 0.3) is 0 Å². The third-order valence-corrected chi connectivity index (χ3v) is 5.76. The fourth-order valence-corrected chi connectivity index (χ4v) is 4.36. The maximum Gasteiger partial charge on any atom is 0.243 e. The van der Waals surface area contributed by atoms with E-state index in [2.05, 4.69) is 17.4 Å². The fourth-order valence-electron chi connectivity index (χ4n) is 3.18. The van der Waals surface area contributed by atoms with Crippen molar-refractivity contribution in [2.45, 2.75) is 39.7 Å². The number of carbonyl (C=O) groups excluding carboxylic acids is 1. The number of ether oxygens (including phenoxy) is 1. The predicted octanol–water partition coefficient (Wildman–Crippen LogP) is 3.30. The minimum Gasteiger partial charge on any atom is -0.494 e. The van der Waals surface area contributed by atoms with Gasteiger partial charge in [-0.15, -0.1) is 0 Å². The van der Waals surface area contributed by atoms with Crippen molar-refractivity contribution in [1.29, 1.82) is 0 Å². The molecule has 7 heteroatoms. The van der Waals surface area contributed by atoms with E-state index in [9.17, 15) is 13.2 Å². The molecule has 0 aliphatic carbocycles. The van der Waals surface area contributed by atoms with Crippen molar-refractivity contribution >= 4 is 21.6 Å². The van der Waals surface area contributed by atoms with Crippen molar-refractivity contribution in [2.75, 3.05) is 23.7 Å². The molecule has 0 bridgehead atoms. The van der Waals surface area contributed by atoms with E-state index >= 15 is 0 Å². The van der Waals surface area contributed by atoms with Crippen molar-refractivity contribution in [2.24, 2.45) is 0 Å². The zero-order valence-corrected chi connectivity index (χ0v) is 18.3. The molecule has 1 atom stereocenters. The Morgan fingerprint density at radius 3 is 2.45 bits per heavy atom. The highest BCUT2D eigenvalue weighted by Crippen LogP contribution is 2.24. The first-order chi connectivity index (χ1) is 13.7. The molecule has 0 radical (unpaired) electrons. The number of carbonyl (C=O) groups is 1. The second-order valence-electron chi connectivity index (χ2n) is 7.05. The molecule has 1 N–H and O–H groups in total. The average molecular weight is 419 g/mol. The first-order valence-corrected chi connectivity index (χ1v) is 11.6. The van der Waals surface area contributed by atoms with Crippen LogP contribution in [0.3, 0.4) is 0 Å². The molecule has 29 heavy (non-hydrogen) atoms. The summed E-state index contributed by atoms with van der Waals surface area (Å²) in [4.78, 5) is 12.6. The molecule has 2 aromatic carbocycles. The van der Waals surface area contributed by atoms with Crippen LogP contribution in [0, 0.1) is 6.92 Å². The lowest BCUT2D eigenvalue weighted by Gasteiger charge is -2.28. The largest absolute Gasteiger partial charge is 0.494 e. The fraction of sp³-hybridized carbons (Fsp3) is 0.409. The van der Waals surface area contributed by atoms with Crippen LogP contribution in [-0.4, -0.2) is 39.8 Å². The van der Waals surface area contributed by atoms with Gasteiger partial charge in [0.15, 0.2) is 0 Å². The molecular weight excluding hydrogens is 388 g/mol. The molecule has 2 aromatic rings. The zero-order chi connectivity index (χ0) is 21.4. The molecule has 6 nitrogen and oxygen atoms in total. The summed E-state index contributed by atoms with van der Waals surface area (Å²) in [5, 5.41) is 2.85. The number of rotatable bonds is 10. The van der Waals surface area contributed by atoms with Gasteiger partial charge in [0.05, 0.1) is 18.6 Å². The van der Waals surface area contributed by atoms with Gasteiger partial charge in [0.2, 0.25) is 15.9 Å². The molecule has 0 aliphatic heterocycles. The Hall–Kier alpha value is -2.54. The molecule has 0 fully saturated rings. The Balaban J connectivity index is 1.99. The zero-order valence-electron chi connectivity index (χ0n) is 17.5. The first kappa shape index (κ1) is 22.7. The van der Waals surface area contributed by atoms with Crippen LogP contribution >= 0.6 is 0 Å². The number of amides is 1. The standard InChI is InChI=1S/C22H30N2O4S/c1-5-28-21-13-11-20(12-14-21)24(29(4,26)27)18(3)22(25)23-15-7-10-19-9-6-8-17(2)16-19/h6,8-9,11-14,16,18H,5,7,10,15H2,1-4H3,(H,23,25). The number of nitrogens with one attached hydrogen (secondary N) is 1. The van der Waals surface area contributed by atoms with Gasteiger partial charge in [-0.3, -0.25) is 9.10 Å². The van der Waals surface area contributed by atoms with Crippen molar-refractivity contribution in [3.05, 3.63) is 59.7 Å². The van der Waals surface area contributed by atoms with E-state index in [0.717, 1.165) is 23.4 Å². The number of hydrogen-bond donors (Lipinski definition) is 1. The Morgan fingerprint density at radius 1 is 1.17 bits per heavy atom. The molecule has 0 heterocycles. The van der Waals surface area contributed by atoms with Crippen molar-refractivity contribution < 1.29 is 17.9 Å². The van der Waals surface area contributed by atoms with Gasteiger partial charge in [0, 0.05) is 6.54 Å². The molecule has 0 saturated carbocycles. The summed E-state index contributed by atoms with van der Waals surface area (Å²) in [6.45, 7) is 6.53. The second-order valence-corrected chi connectivity index (χ2v) is 8.90. The Kier molecular flexibility index (Phi) is 8.08. The lowest BCUT2D eigenvalue weighted by atomic mass is 10.1. The van der Waals surface area contributed by atoms with Gasteiger partial charge >= 0.3 is 0 Å². The molecular formula is C22H30N2O4S. The summed E-state index contributed by atoms with van der Waals surface area (Å²) in [6, 6.07) is 14.1. The maximum absolute atomic E-state index is 12.6. The molecule has 0 aliphatic rings. The lowest BCUT2D eigenvalue weighted by Crippen LogP contribution is -2.48. The summed E-state index contributed by atoms with van der Waals surface area (Å²) in [5.41, 5.74) is 2.86. The molecule has 158 valence electrons. The Morgan fingerprint density at radius 2 is 1.86 bits per heavy atom. The van der Waals surface area contributed by atoms with Gasteiger partial charge < -0.3 is 10.1 Å². The normalized spacial score (nSPS) is 12.3. The van der Waals surface area contributed by atoms with Gasteiger partial charge in [-0.1, -0.05) is 29.8 Å². The van der Waals surface area contributed by atoms with E-state index in [1.165, 1.54) is 11.1 Å². The number of hydrogen-bond acceptors (Lipinski definition) is 4. The second kappa shape index (κ2) is 10.3. The number of benzene rings is 2. The van der Waals surface area contributed by atoms with Gasteiger partial charge in [0.1, 0.15) is 11.8 Å². The van der Waals surface area contributed by atoms with E-state index in [1.54, 1.807) is 31.2 Å². The van der Waals surface area contributed by atoms with Crippen LogP contribution in [-0.2, 0) is 21.2 Å². The van der Waals surface area contributed by atoms with Crippen molar-refractivity contribution in [3.63, 3.8) is 0 Å². The number of aryl methyl sites for hydroxylation is 2. The summed E-state index contributed by atoms with van der Waals surface area (Å²) in [7, 11) is -3.63. The van der Waals surface area contributed by atoms with Gasteiger partial charge in [-0.25, -0.2) is 8.42 Å². The summed E-state index contributed by atoms with van der Waals surface area (Å²) >= 11 is 0. The first-order valence-electron chi connectivity index (χ1n) is 9.78. The van der Waals surface area contributed by atoms with Gasteiger partial charge in [-0.05, 0) is 63.4 Å². The topological polar surface area (TPSA) is 75.7 Å². The minimum absolute atomic E-state index is 0.325. The van der Waals surface area contributed by atoms with Gasteiger partial charge in [0.25, 0.3) is 0 Å². The van der Waals surface area contributed by atoms with Gasteiger partial charge in [-0.2, -0.15) is 0 Å². The summed E-state index contributed by atoms with van der Waals surface area (Å²) < 4.78 is 31.2. The molecule has 0 spiro atoms. The highest BCUT2D eigenvalue weighted by atomic mass is 32.2. The summed E-state index contributed by atoms with van der Waals surface area (Å²) in [5.74, 6) is 0.325. The van der Waals surface area contributed by atoms with E-state index < -0.39 is 16.1 Å². The van der Waals surface area contributed by atoms with Crippen LogP contribution in [0.2, 0.25) is 0 Å².